The summed E-state index contributed by atoms with van der Waals surface area (Å²) in [5.74, 6) is 0.0520. The number of thiophene rings is 1. The SMILES string of the molecule is Cc1ccc(C(=O)c2cccnc2)s1. The van der Waals surface area contributed by atoms with Crippen molar-refractivity contribution < 1.29 is 4.79 Å². The zero-order chi connectivity index (χ0) is 9.97. The van der Waals surface area contributed by atoms with E-state index in [2.05, 4.69) is 4.98 Å². The van der Waals surface area contributed by atoms with Crippen LogP contribution < -0.4 is 0 Å². The summed E-state index contributed by atoms with van der Waals surface area (Å²) in [4.78, 5) is 17.7. The number of rotatable bonds is 2. The molecule has 0 atom stereocenters. The first-order valence-corrected chi connectivity index (χ1v) is 5.10. The smallest absolute Gasteiger partial charge is 0.204 e. The lowest BCUT2D eigenvalue weighted by Crippen LogP contribution is -1.98. The Balaban J connectivity index is 2.34. The Bertz CT molecular complexity index is 447. The standard InChI is InChI=1S/C11H9NOS/c1-8-4-5-10(14-8)11(13)9-3-2-6-12-7-9/h2-7H,1H3. The van der Waals surface area contributed by atoms with Crippen molar-refractivity contribution in [3.05, 3.63) is 52.0 Å². The summed E-state index contributed by atoms with van der Waals surface area (Å²) in [5.41, 5.74) is 0.648. The first kappa shape index (κ1) is 9.09. The third kappa shape index (κ3) is 1.72. The highest BCUT2D eigenvalue weighted by Crippen LogP contribution is 2.18. The van der Waals surface area contributed by atoms with Crippen LogP contribution in [0.3, 0.4) is 0 Å². The Kier molecular flexibility index (Phi) is 2.41. The van der Waals surface area contributed by atoms with Gasteiger partial charge >= 0.3 is 0 Å². The Morgan fingerprint density at radius 2 is 2.21 bits per heavy atom. The van der Waals surface area contributed by atoms with Crippen LogP contribution in [-0.4, -0.2) is 10.8 Å². The van der Waals surface area contributed by atoms with Gasteiger partial charge < -0.3 is 0 Å². The van der Waals surface area contributed by atoms with Crippen LogP contribution in [0.25, 0.3) is 0 Å². The Morgan fingerprint density at radius 3 is 2.79 bits per heavy atom. The maximum absolute atomic E-state index is 11.8. The van der Waals surface area contributed by atoms with Crippen LogP contribution in [-0.2, 0) is 0 Å². The molecule has 2 aromatic rings. The average Bonchev–Trinajstić information content (AvgIpc) is 2.65. The van der Waals surface area contributed by atoms with Gasteiger partial charge in [-0.1, -0.05) is 0 Å². The van der Waals surface area contributed by atoms with Crippen molar-refractivity contribution in [1.29, 1.82) is 0 Å². The second kappa shape index (κ2) is 3.72. The molecule has 0 radical (unpaired) electrons. The summed E-state index contributed by atoms with van der Waals surface area (Å²) in [6.45, 7) is 1.99. The van der Waals surface area contributed by atoms with Crippen LogP contribution in [0.5, 0.6) is 0 Å². The molecule has 0 saturated carbocycles. The third-order valence-electron chi connectivity index (χ3n) is 1.89. The van der Waals surface area contributed by atoms with Gasteiger partial charge in [-0.25, -0.2) is 0 Å². The normalized spacial score (nSPS) is 10.1. The molecular formula is C11H9NOS. The summed E-state index contributed by atoms with van der Waals surface area (Å²) < 4.78 is 0. The van der Waals surface area contributed by atoms with Crippen LogP contribution in [0.4, 0.5) is 0 Å². The second-order valence-electron chi connectivity index (χ2n) is 2.98. The van der Waals surface area contributed by atoms with Gasteiger partial charge in [-0.2, -0.15) is 0 Å². The molecule has 0 amide bonds. The van der Waals surface area contributed by atoms with Crippen molar-refractivity contribution in [2.45, 2.75) is 6.92 Å². The maximum atomic E-state index is 11.8. The number of carbonyl (C=O) groups excluding carboxylic acids is 1. The fraction of sp³-hybridized carbons (Fsp3) is 0.0909. The van der Waals surface area contributed by atoms with Crippen molar-refractivity contribution in [1.82, 2.24) is 4.98 Å². The number of nitrogens with zero attached hydrogens (tertiary/aromatic N) is 1. The fourth-order valence-electron chi connectivity index (χ4n) is 1.20. The molecule has 0 N–H and O–H groups in total. The van der Waals surface area contributed by atoms with E-state index < -0.39 is 0 Å². The van der Waals surface area contributed by atoms with Crippen LogP contribution in [0.15, 0.2) is 36.7 Å². The Hall–Kier alpha value is -1.48. The zero-order valence-corrected chi connectivity index (χ0v) is 8.54. The van der Waals surface area contributed by atoms with Crippen molar-refractivity contribution in [2.75, 3.05) is 0 Å². The van der Waals surface area contributed by atoms with Crippen LogP contribution in [0, 0.1) is 6.92 Å². The van der Waals surface area contributed by atoms with E-state index in [9.17, 15) is 4.79 Å². The molecule has 2 aromatic heterocycles. The molecule has 70 valence electrons. The molecular weight excluding hydrogens is 194 g/mol. The van der Waals surface area contributed by atoms with Crippen molar-refractivity contribution in [2.24, 2.45) is 0 Å². The highest BCUT2D eigenvalue weighted by Gasteiger charge is 2.10. The molecule has 0 saturated heterocycles. The molecule has 0 aliphatic heterocycles. The van der Waals surface area contributed by atoms with Crippen molar-refractivity contribution in [3.8, 4) is 0 Å². The number of pyridine rings is 1. The lowest BCUT2D eigenvalue weighted by atomic mass is 10.1. The molecule has 0 unspecified atom stereocenters. The predicted octanol–water partition coefficient (Wildman–Crippen LogP) is 2.68. The van der Waals surface area contributed by atoms with Gasteiger partial charge in [-0.15, -0.1) is 11.3 Å². The number of aromatic nitrogens is 1. The van der Waals surface area contributed by atoms with Gasteiger partial charge in [0.05, 0.1) is 4.88 Å². The zero-order valence-electron chi connectivity index (χ0n) is 7.73. The van der Waals surface area contributed by atoms with E-state index >= 15 is 0 Å². The van der Waals surface area contributed by atoms with Crippen LogP contribution >= 0.6 is 11.3 Å². The lowest BCUT2D eigenvalue weighted by Gasteiger charge is -1.95. The molecule has 2 nitrogen and oxygen atoms in total. The van der Waals surface area contributed by atoms with Gasteiger partial charge in [0.15, 0.2) is 0 Å². The van der Waals surface area contributed by atoms with E-state index in [0.29, 0.717) is 5.56 Å². The molecule has 0 aliphatic rings. The van der Waals surface area contributed by atoms with Gasteiger partial charge in [0.2, 0.25) is 5.78 Å². The predicted molar refractivity (Wildman–Crippen MR) is 56.7 cm³/mol. The summed E-state index contributed by atoms with van der Waals surface area (Å²) in [5, 5.41) is 0. The first-order chi connectivity index (χ1) is 6.77. The number of aryl methyl sites for hydroxylation is 1. The van der Waals surface area contributed by atoms with Crippen molar-refractivity contribution in [3.63, 3.8) is 0 Å². The first-order valence-electron chi connectivity index (χ1n) is 4.28. The van der Waals surface area contributed by atoms with Gasteiger partial charge in [0, 0.05) is 22.8 Å². The monoisotopic (exact) mass is 203 g/mol. The molecule has 3 heteroatoms. The molecule has 2 heterocycles. The number of carbonyl (C=O) groups is 1. The van der Waals surface area contributed by atoms with E-state index in [-0.39, 0.29) is 5.78 Å². The molecule has 0 fully saturated rings. The Labute approximate surface area is 86.2 Å². The molecule has 2 rings (SSSR count). The summed E-state index contributed by atoms with van der Waals surface area (Å²) in [6, 6.07) is 7.36. The van der Waals surface area contributed by atoms with Gasteiger partial charge in [-0.05, 0) is 31.2 Å². The lowest BCUT2D eigenvalue weighted by molar-refractivity contribution is 0.104. The molecule has 0 spiro atoms. The summed E-state index contributed by atoms with van der Waals surface area (Å²) in [7, 11) is 0. The fourth-order valence-corrected chi connectivity index (χ4v) is 2.03. The van der Waals surface area contributed by atoms with Gasteiger partial charge in [-0.3, -0.25) is 9.78 Å². The van der Waals surface area contributed by atoms with Crippen molar-refractivity contribution >= 4 is 17.1 Å². The average molecular weight is 203 g/mol. The van der Waals surface area contributed by atoms with Crippen LogP contribution in [0.1, 0.15) is 20.1 Å². The van der Waals surface area contributed by atoms with E-state index in [1.807, 2.05) is 19.1 Å². The largest absolute Gasteiger partial charge is 0.288 e. The van der Waals surface area contributed by atoms with Gasteiger partial charge in [0.25, 0.3) is 0 Å². The van der Waals surface area contributed by atoms with E-state index in [0.717, 1.165) is 9.75 Å². The van der Waals surface area contributed by atoms with E-state index in [4.69, 9.17) is 0 Å². The summed E-state index contributed by atoms with van der Waals surface area (Å²) in [6.07, 6.45) is 3.26. The number of hydrogen-bond donors (Lipinski definition) is 0. The second-order valence-corrected chi connectivity index (χ2v) is 4.27. The minimum absolute atomic E-state index is 0.0520. The Morgan fingerprint density at radius 1 is 1.36 bits per heavy atom. The van der Waals surface area contributed by atoms with E-state index in [1.165, 1.54) is 11.3 Å². The quantitative estimate of drug-likeness (QED) is 0.702. The highest BCUT2D eigenvalue weighted by molar-refractivity contribution is 7.14. The topological polar surface area (TPSA) is 30.0 Å². The van der Waals surface area contributed by atoms with E-state index in [1.54, 1.807) is 24.5 Å². The molecule has 14 heavy (non-hydrogen) atoms. The minimum atomic E-state index is 0.0520. The van der Waals surface area contributed by atoms with Gasteiger partial charge in [0.1, 0.15) is 0 Å². The number of ketones is 1. The highest BCUT2D eigenvalue weighted by atomic mass is 32.1. The molecule has 0 bridgehead atoms. The van der Waals surface area contributed by atoms with Crippen LogP contribution in [0.2, 0.25) is 0 Å². The molecule has 0 aliphatic carbocycles. The minimum Gasteiger partial charge on any atom is -0.288 e. The summed E-state index contributed by atoms with van der Waals surface area (Å²) >= 11 is 1.51. The molecule has 0 aromatic carbocycles. The third-order valence-corrected chi connectivity index (χ3v) is 2.89. The number of hydrogen-bond acceptors (Lipinski definition) is 3. The maximum Gasteiger partial charge on any atom is 0.204 e.